The number of hydrogen-bond donors (Lipinski definition) is 2. The van der Waals surface area contributed by atoms with Gasteiger partial charge in [0.15, 0.2) is 0 Å². The van der Waals surface area contributed by atoms with E-state index >= 15 is 0 Å². The number of hydrogen-bond acceptors (Lipinski definition) is 3. The van der Waals surface area contributed by atoms with Crippen LogP contribution in [0.1, 0.15) is 50.3 Å². The van der Waals surface area contributed by atoms with Gasteiger partial charge in [-0.15, -0.1) is 0 Å². The lowest BCUT2D eigenvalue weighted by Crippen LogP contribution is -2.34. The highest BCUT2D eigenvalue weighted by Crippen LogP contribution is 2.32. The number of nitrogens with two attached hydrogens (primary N) is 1. The molecular formula is C17H26N2O2. The molecule has 1 aromatic carbocycles. The summed E-state index contributed by atoms with van der Waals surface area (Å²) >= 11 is 0. The quantitative estimate of drug-likeness (QED) is 0.845. The van der Waals surface area contributed by atoms with Gasteiger partial charge >= 0.3 is 0 Å². The van der Waals surface area contributed by atoms with Crippen LogP contribution in [0.25, 0.3) is 0 Å². The molecule has 1 amide bonds. The average Bonchev–Trinajstić information content (AvgIpc) is 2.91. The Morgan fingerprint density at radius 1 is 1.38 bits per heavy atom. The monoisotopic (exact) mass is 290 g/mol. The van der Waals surface area contributed by atoms with Crippen LogP contribution in [0.4, 0.5) is 5.69 Å². The smallest absolute Gasteiger partial charge is 0.230 e. The molecule has 0 aliphatic carbocycles. The van der Waals surface area contributed by atoms with Gasteiger partial charge in [0.1, 0.15) is 0 Å². The van der Waals surface area contributed by atoms with Crippen LogP contribution in [-0.2, 0) is 11.2 Å². The van der Waals surface area contributed by atoms with Gasteiger partial charge in [-0.05, 0) is 49.4 Å². The Hall–Kier alpha value is -1.39. The highest BCUT2D eigenvalue weighted by Gasteiger charge is 2.28. The first kappa shape index (κ1) is 16.0. The van der Waals surface area contributed by atoms with E-state index in [1.54, 1.807) is 0 Å². The fourth-order valence-corrected chi connectivity index (χ4v) is 3.04. The molecule has 116 valence electrons. The van der Waals surface area contributed by atoms with Gasteiger partial charge in [-0.1, -0.05) is 26.0 Å². The molecule has 4 nitrogen and oxygen atoms in total. The molecule has 0 saturated heterocycles. The number of aliphatic hydroxyl groups excluding tert-OH is 1. The van der Waals surface area contributed by atoms with Gasteiger partial charge in [0, 0.05) is 18.2 Å². The van der Waals surface area contributed by atoms with Crippen LogP contribution < -0.4 is 10.6 Å². The second kappa shape index (κ2) is 7.05. The minimum atomic E-state index is -0.510. The van der Waals surface area contributed by atoms with Crippen molar-refractivity contribution in [2.24, 2.45) is 11.7 Å². The summed E-state index contributed by atoms with van der Waals surface area (Å²) in [7, 11) is 0. The van der Waals surface area contributed by atoms with E-state index in [-0.39, 0.29) is 11.8 Å². The van der Waals surface area contributed by atoms with Gasteiger partial charge < -0.3 is 15.7 Å². The summed E-state index contributed by atoms with van der Waals surface area (Å²) in [5.74, 6) is 0.340. The molecule has 0 radical (unpaired) electrons. The number of rotatable bonds is 6. The maximum Gasteiger partial charge on any atom is 0.230 e. The maximum absolute atomic E-state index is 12.6. The van der Waals surface area contributed by atoms with Crippen molar-refractivity contribution in [2.75, 3.05) is 18.0 Å². The molecule has 1 unspecified atom stereocenters. The molecule has 1 aliphatic heterocycles. The molecule has 1 heterocycles. The molecule has 2 rings (SSSR count). The van der Waals surface area contributed by atoms with E-state index in [1.165, 1.54) is 0 Å². The van der Waals surface area contributed by atoms with E-state index in [0.29, 0.717) is 13.0 Å². The van der Waals surface area contributed by atoms with Gasteiger partial charge in [0.2, 0.25) is 5.91 Å². The molecule has 0 spiro atoms. The van der Waals surface area contributed by atoms with E-state index in [2.05, 4.69) is 13.8 Å². The second-order valence-electron chi connectivity index (χ2n) is 5.73. The van der Waals surface area contributed by atoms with Gasteiger partial charge in [0.25, 0.3) is 0 Å². The number of carbonyl (C=O) groups is 1. The summed E-state index contributed by atoms with van der Waals surface area (Å²) in [6, 6.07) is 5.91. The number of benzene rings is 1. The Bertz CT molecular complexity index is 498. The highest BCUT2D eigenvalue weighted by atomic mass is 16.3. The predicted molar refractivity (Wildman–Crippen MR) is 85.2 cm³/mol. The summed E-state index contributed by atoms with van der Waals surface area (Å²) in [6.45, 7) is 5.35. The number of fused-ring (bicyclic) bond motifs is 1. The first-order valence-electron chi connectivity index (χ1n) is 7.94. The topological polar surface area (TPSA) is 66.6 Å². The third-order valence-corrected chi connectivity index (χ3v) is 4.42. The number of amides is 1. The molecule has 0 fully saturated rings. The Morgan fingerprint density at radius 3 is 2.71 bits per heavy atom. The predicted octanol–water partition coefficient (Wildman–Crippen LogP) is 2.39. The molecule has 0 bridgehead atoms. The van der Waals surface area contributed by atoms with Gasteiger partial charge in [0.05, 0.1) is 6.10 Å². The van der Waals surface area contributed by atoms with Crippen molar-refractivity contribution in [2.45, 2.75) is 45.6 Å². The molecule has 0 saturated carbocycles. The largest absolute Gasteiger partial charge is 0.388 e. The lowest BCUT2D eigenvalue weighted by Gasteiger charge is -2.22. The SMILES string of the molecule is CCC(CC)C(=O)N1CCc2cc(C(O)CCN)ccc21. The second-order valence-corrected chi connectivity index (χ2v) is 5.73. The average molecular weight is 290 g/mol. The number of anilines is 1. The van der Waals surface area contributed by atoms with Crippen LogP contribution >= 0.6 is 0 Å². The minimum absolute atomic E-state index is 0.110. The van der Waals surface area contributed by atoms with Crippen molar-refractivity contribution in [3.63, 3.8) is 0 Å². The van der Waals surface area contributed by atoms with Crippen molar-refractivity contribution < 1.29 is 9.90 Å². The molecule has 1 atom stereocenters. The zero-order valence-corrected chi connectivity index (χ0v) is 13.0. The molecular weight excluding hydrogens is 264 g/mol. The molecule has 1 aliphatic rings. The maximum atomic E-state index is 12.6. The number of aliphatic hydroxyl groups is 1. The third kappa shape index (κ3) is 3.27. The van der Waals surface area contributed by atoms with Crippen LogP contribution in [0.3, 0.4) is 0 Å². The Labute approximate surface area is 126 Å². The molecule has 21 heavy (non-hydrogen) atoms. The molecule has 0 aromatic heterocycles. The van der Waals surface area contributed by atoms with Crippen molar-refractivity contribution in [1.82, 2.24) is 0 Å². The highest BCUT2D eigenvalue weighted by molar-refractivity contribution is 5.97. The van der Waals surface area contributed by atoms with E-state index in [4.69, 9.17) is 5.73 Å². The van der Waals surface area contributed by atoms with Crippen molar-refractivity contribution >= 4 is 11.6 Å². The van der Waals surface area contributed by atoms with E-state index in [0.717, 1.165) is 42.6 Å². The fourth-order valence-electron chi connectivity index (χ4n) is 3.04. The fraction of sp³-hybridized carbons (Fsp3) is 0.588. The summed E-state index contributed by atoms with van der Waals surface area (Å²) < 4.78 is 0. The van der Waals surface area contributed by atoms with Gasteiger partial charge in [-0.3, -0.25) is 4.79 Å². The number of nitrogens with zero attached hydrogens (tertiary/aromatic N) is 1. The summed E-state index contributed by atoms with van der Waals surface area (Å²) in [5.41, 5.74) is 8.56. The zero-order chi connectivity index (χ0) is 15.4. The molecule has 3 N–H and O–H groups in total. The van der Waals surface area contributed by atoms with Crippen molar-refractivity contribution in [1.29, 1.82) is 0 Å². The van der Waals surface area contributed by atoms with Crippen LogP contribution in [-0.4, -0.2) is 24.1 Å². The Kier molecular flexibility index (Phi) is 5.37. The van der Waals surface area contributed by atoms with E-state index < -0.39 is 6.10 Å². The normalized spacial score (nSPS) is 15.4. The Balaban J connectivity index is 2.20. The van der Waals surface area contributed by atoms with Crippen LogP contribution in [0.15, 0.2) is 18.2 Å². The summed E-state index contributed by atoms with van der Waals surface area (Å²) in [6.07, 6.45) is 2.69. The molecule has 4 heteroatoms. The van der Waals surface area contributed by atoms with Crippen LogP contribution in [0.5, 0.6) is 0 Å². The van der Waals surface area contributed by atoms with Crippen molar-refractivity contribution in [3.05, 3.63) is 29.3 Å². The summed E-state index contributed by atoms with van der Waals surface area (Å²) in [4.78, 5) is 14.5. The zero-order valence-electron chi connectivity index (χ0n) is 13.0. The standard InChI is InChI=1S/C17H26N2O2/c1-3-12(4-2)17(21)19-10-8-13-11-14(5-6-15(13)19)16(20)7-9-18/h5-6,11-12,16,20H,3-4,7-10,18H2,1-2H3. The molecule has 1 aromatic rings. The van der Waals surface area contributed by atoms with E-state index in [9.17, 15) is 9.90 Å². The lowest BCUT2D eigenvalue weighted by molar-refractivity contribution is -0.122. The van der Waals surface area contributed by atoms with Gasteiger partial charge in [-0.25, -0.2) is 0 Å². The van der Waals surface area contributed by atoms with Crippen molar-refractivity contribution in [3.8, 4) is 0 Å². The van der Waals surface area contributed by atoms with Crippen LogP contribution in [0.2, 0.25) is 0 Å². The third-order valence-electron chi connectivity index (χ3n) is 4.42. The number of carbonyl (C=O) groups excluding carboxylic acids is 1. The summed E-state index contributed by atoms with van der Waals surface area (Å²) in [5, 5.41) is 10.0. The Morgan fingerprint density at radius 2 is 2.10 bits per heavy atom. The lowest BCUT2D eigenvalue weighted by atomic mass is 10.0. The minimum Gasteiger partial charge on any atom is -0.388 e. The van der Waals surface area contributed by atoms with Crippen LogP contribution in [0, 0.1) is 5.92 Å². The first-order chi connectivity index (χ1) is 10.1. The van der Waals surface area contributed by atoms with E-state index in [1.807, 2.05) is 23.1 Å². The first-order valence-corrected chi connectivity index (χ1v) is 7.94. The van der Waals surface area contributed by atoms with Gasteiger partial charge in [-0.2, -0.15) is 0 Å².